The third-order valence-corrected chi connectivity index (χ3v) is 4.70. The van der Waals surface area contributed by atoms with E-state index < -0.39 is 11.9 Å². The van der Waals surface area contributed by atoms with Crippen LogP contribution in [0.25, 0.3) is 0 Å². The first kappa shape index (κ1) is 19.6. The van der Waals surface area contributed by atoms with Crippen molar-refractivity contribution >= 4 is 6.03 Å². The summed E-state index contributed by atoms with van der Waals surface area (Å²) in [6, 6.07) is 1.28. The number of halogens is 1. The number of rotatable bonds is 6. The molecule has 1 aromatic rings. The molecule has 2 amide bonds. The van der Waals surface area contributed by atoms with Crippen LogP contribution in [0.1, 0.15) is 44.8 Å². The Hall–Kier alpha value is -1.73. The average molecular weight is 352 g/mol. The predicted molar refractivity (Wildman–Crippen MR) is 94.6 cm³/mol. The van der Waals surface area contributed by atoms with Gasteiger partial charge in [0.15, 0.2) is 0 Å². The van der Waals surface area contributed by atoms with Crippen molar-refractivity contribution in [1.82, 2.24) is 20.5 Å². The van der Waals surface area contributed by atoms with Crippen molar-refractivity contribution in [3.8, 4) is 0 Å². The molecule has 0 spiro atoms. The molecule has 0 unspecified atom stereocenters. The Bertz CT molecular complexity index is 582. The number of nitrogens with one attached hydrogen (secondary N) is 2. The van der Waals surface area contributed by atoms with E-state index in [9.17, 15) is 14.3 Å². The molecule has 2 atom stereocenters. The molecule has 1 aromatic heterocycles. The Morgan fingerprint density at radius 2 is 2.28 bits per heavy atom. The Labute approximate surface area is 148 Å². The van der Waals surface area contributed by atoms with Gasteiger partial charge >= 0.3 is 6.03 Å². The van der Waals surface area contributed by atoms with Crippen LogP contribution < -0.4 is 10.6 Å². The Morgan fingerprint density at radius 3 is 2.96 bits per heavy atom. The first-order valence-corrected chi connectivity index (χ1v) is 8.81. The molecule has 6 nitrogen and oxygen atoms in total. The molecule has 0 saturated carbocycles. The van der Waals surface area contributed by atoms with Crippen LogP contribution >= 0.6 is 0 Å². The highest BCUT2D eigenvalue weighted by molar-refractivity contribution is 5.73. The zero-order chi connectivity index (χ0) is 18.4. The Morgan fingerprint density at radius 1 is 1.52 bits per heavy atom. The number of carbonyl (C=O) groups excluding carboxylic acids is 1. The van der Waals surface area contributed by atoms with E-state index in [4.69, 9.17) is 0 Å². The second-order valence-electron chi connectivity index (χ2n) is 7.43. The van der Waals surface area contributed by atoms with Crippen LogP contribution in [0.2, 0.25) is 0 Å². The summed E-state index contributed by atoms with van der Waals surface area (Å²) < 4.78 is 13.2. The standard InChI is InChI=1S/C18H29FN4O2/c1-18(2,8-13-5-4-6-23(12-13)17(25)20-3)22-11-16(24)14-7-15(19)10-21-9-14/h7,9-10,13,16,22,24H,4-6,8,11-12H2,1-3H3,(H,20,25)/t13-,16-/m0/s1. The minimum atomic E-state index is -0.809. The average Bonchev–Trinajstić information content (AvgIpc) is 2.59. The smallest absolute Gasteiger partial charge is 0.317 e. The number of urea groups is 1. The van der Waals surface area contributed by atoms with E-state index in [2.05, 4.69) is 29.5 Å². The lowest BCUT2D eigenvalue weighted by atomic mass is 9.85. The maximum Gasteiger partial charge on any atom is 0.317 e. The van der Waals surface area contributed by atoms with Crippen LogP contribution in [-0.4, -0.2) is 53.2 Å². The highest BCUT2D eigenvalue weighted by atomic mass is 19.1. The van der Waals surface area contributed by atoms with E-state index >= 15 is 0 Å². The zero-order valence-electron chi connectivity index (χ0n) is 15.3. The molecule has 1 aliphatic rings. The number of piperidine rings is 1. The summed E-state index contributed by atoms with van der Waals surface area (Å²) in [4.78, 5) is 17.4. The fourth-order valence-corrected chi connectivity index (χ4v) is 3.47. The summed E-state index contributed by atoms with van der Waals surface area (Å²) in [7, 11) is 1.65. The van der Waals surface area contributed by atoms with Crippen LogP contribution in [0.4, 0.5) is 9.18 Å². The summed E-state index contributed by atoms with van der Waals surface area (Å²) >= 11 is 0. The molecular weight excluding hydrogens is 323 g/mol. The van der Waals surface area contributed by atoms with Crippen LogP contribution in [0.5, 0.6) is 0 Å². The Kier molecular flexibility index (Phi) is 6.72. The number of aromatic nitrogens is 1. The van der Waals surface area contributed by atoms with Gasteiger partial charge in [-0.05, 0) is 45.1 Å². The predicted octanol–water partition coefficient (Wildman–Crippen LogP) is 2.06. The van der Waals surface area contributed by atoms with Gasteiger partial charge in [0.25, 0.3) is 0 Å². The zero-order valence-corrected chi connectivity index (χ0v) is 15.3. The maximum absolute atomic E-state index is 13.2. The van der Waals surface area contributed by atoms with Gasteiger partial charge in [-0.15, -0.1) is 0 Å². The molecule has 7 heteroatoms. The van der Waals surface area contributed by atoms with Crippen LogP contribution in [-0.2, 0) is 0 Å². The molecule has 0 aromatic carbocycles. The molecule has 1 fully saturated rings. The van der Waals surface area contributed by atoms with Crippen molar-refractivity contribution < 1.29 is 14.3 Å². The van der Waals surface area contributed by atoms with Crippen LogP contribution in [0.3, 0.4) is 0 Å². The van der Waals surface area contributed by atoms with E-state index in [1.54, 1.807) is 7.05 Å². The molecule has 1 saturated heterocycles. The highest BCUT2D eigenvalue weighted by Gasteiger charge is 2.29. The van der Waals surface area contributed by atoms with Gasteiger partial charge in [-0.25, -0.2) is 9.18 Å². The van der Waals surface area contributed by atoms with Gasteiger partial charge in [0.1, 0.15) is 5.82 Å². The highest BCUT2D eigenvalue weighted by Crippen LogP contribution is 2.26. The van der Waals surface area contributed by atoms with Gasteiger partial charge in [0, 0.05) is 44.0 Å². The van der Waals surface area contributed by atoms with Crippen molar-refractivity contribution in [2.45, 2.75) is 44.8 Å². The SMILES string of the molecule is CNC(=O)N1CCC[C@@H](CC(C)(C)NC[C@H](O)c2cncc(F)c2)C1. The van der Waals surface area contributed by atoms with Crippen molar-refractivity contribution in [1.29, 1.82) is 0 Å². The number of β-amino-alcohol motifs (C(OH)–C–C–N with tert-alkyl or cyclic N) is 1. The number of aliphatic hydroxyl groups is 1. The Balaban J connectivity index is 1.85. The minimum Gasteiger partial charge on any atom is -0.387 e. The maximum atomic E-state index is 13.2. The molecule has 0 aliphatic carbocycles. The van der Waals surface area contributed by atoms with Crippen LogP contribution in [0, 0.1) is 11.7 Å². The molecular formula is C18H29FN4O2. The molecule has 0 radical (unpaired) electrons. The van der Waals surface area contributed by atoms with Gasteiger partial charge in [-0.1, -0.05) is 0 Å². The quantitative estimate of drug-likeness (QED) is 0.732. The first-order chi connectivity index (χ1) is 11.8. The summed E-state index contributed by atoms with van der Waals surface area (Å²) in [6.07, 6.45) is 4.78. The van der Waals surface area contributed by atoms with E-state index in [1.165, 1.54) is 12.3 Å². The van der Waals surface area contributed by atoms with Gasteiger partial charge in [-0.3, -0.25) is 4.98 Å². The van der Waals surface area contributed by atoms with Crippen LogP contribution in [0.15, 0.2) is 18.5 Å². The molecule has 1 aliphatic heterocycles. The summed E-state index contributed by atoms with van der Waals surface area (Å²) in [6.45, 7) is 6.05. The fourth-order valence-electron chi connectivity index (χ4n) is 3.47. The van der Waals surface area contributed by atoms with Gasteiger partial charge < -0.3 is 20.6 Å². The number of hydrogen-bond acceptors (Lipinski definition) is 4. The number of likely N-dealkylation sites (tertiary alicyclic amines) is 1. The largest absolute Gasteiger partial charge is 0.387 e. The summed E-state index contributed by atoms with van der Waals surface area (Å²) in [5.74, 6) is -0.0335. The topological polar surface area (TPSA) is 77.5 Å². The van der Waals surface area contributed by atoms with Crippen molar-refractivity contribution in [2.75, 3.05) is 26.7 Å². The third kappa shape index (κ3) is 5.93. The second-order valence-corrected chi connectivity index (χ2v) is 7.43. The molecule has 0 bridgehead atoms. The lowest BCUT2D eigenvalue weighted by molar-refractivity contribution is 0.134. The molecule has 25 heavy (non-hydrogen) atoms. The lowest BCUT2D eigenvalue weighted by Crippen LogP contribution is -2.48. The number of nitrogens with zero attached hydrogens (tertiary/aromatic N) is 2. The summed E-state index contributed by atoms with van der Waals surface area (Å²) in [5.41, 5.74) is 0.268. The fraction of sp³-hybridized carbons (Fsp3) is 0.667. The van der Waals surface area contributed by atoms with E-state index in [1.807, 2.05) is 4.90 Å². The van der Waals surface area contributed by atoms with E-state index in [0.29, 0.717) is 18.0 Å². The molecule has 3 N–H and O–H groups in total. The van der Waals surface area contributed by atoms with E-state index in [0.717, 1.165) is 38.5 Å². The number of amides is 2. The lowest BCUT2D eigenvalue weighted by Gasteiger charge is -2.37. The number of pyridine rings is 1. The molecule has 2 rings (SSSR count). The normalized spacial score (nSPS) is 19.6. The monoisotopic (exact) mass is 352 g/mol. The van der Waals surface area contributed by atoms with Crippen molar-refractivity contribution in [2.24, 2.45) is 5.92 Å². The van der Waals surface area contributed by atoms with Gasteiger partial charge in [0.2, 0.25) is 0 Å². The molecule has 140 valence electrons. The van der Waals surface area contributed by atoms with Crippen molar-refractivity contribution in [3.63, 3.8) is 0 Å². The third-order valence-electron chi connectivity index (χ3n) is 4.70. The second kappa shape index (κ2) is 8.58. The minimum absolute atomic E-state index is 0.0236. The number of carbonyl (C=O) groups is 1. The number of hydrogen-bond donors (Lipinski definition) is 3. The van der Waals surface area contributed by atoms with Crippen molar-refractivity contribution in [3.05, 3.63) is 29.8 Å². The van der Waals surface area contributed by atoms with E-state index in [-0.39, 0.29) is 11.6 Å². The molecule has 2 heterocycles. The van der Waals surface area contributed by atoms with Gasteiger partial charge in [0.05, 0.1) is 12.3 Å². The number of aliphatic hydroxyl groups excluding tert-OH is 1. The first-order valence-electron chi connectivity index (χ1n) is 8.81. The summed E-state index contributed by atoms with van der Waals surface area (Å²) in [5, 5.41) is 16.3. The van der Waals surface area contributed by atoms with Gasteiger partial charge in [-0.2, -0.15) is 0 Å².